The van der Waals surface area contributed by atoms with Gasteiger partial charge in [-0.15, -0.1) is 0 Å². The molecule has 3 aromatic rings. The first-order valence-electron chi connectivity index (χ1n) is 9.06. The van der Waals surface area contributed by atoms with Crippen LogP contribution in [0.2, 0.25) is 0 Å². The van der Waals surface area contributed by atoms with Crippen LogP contribution >= 0.6 is 0 Å². The van der Waals surface area contributed by atoms with Crippen LogP contribution in [0.1, 0.15) is 48.4 Å². The number of rotatable bonds is 6. The molecule has 28 heavy (non-hydrogen) atoms. The molecule has 0 aliphatic heterocycles. The summed E-state index contributed by atoms with van der Waals surface area (Å²) in [5, 5.41) is 5.43. The third-order valence-electron chi connectivity index (χ3n) is 4.48. The predicted octanol–water partition coefficient (Wildman–Crippen LogP) is 2.01. The van der Waals surface area contributed by atoms with Crippen molar-refractivity contribution < 1.29 is 14.3 Å². The topological polar surface area (TPSA) is 106 Å². The van der Waals surface area contributed by atoms with Crippen molar-refractivity contribution in [1.29, 1.82) is 0 Å². The molecule has 0 radical (unpaired) electrons. The van der Waals surface area contributed by atoms with Gasteiger partial charge in [-0.3, -0.25) is 14.7 Å². The molecule has 3 rings (SSSR count). The standard InChI is InChI=1S/C20H22N4O4/c1-4-16-15(11-21-17-10-18(25)23-24(16)17)20(27)28-13(3)19(26)22-12(2)14-8-6-5-7-9-14/h5-13H,4H2,1-3H3,(H,22,26)(H,23,25)/t12-,13-/m1/s1. The van der Waals surface area contributed by atoms with Gasteiger partial charge in [-0.05, 0) is 25.8 Å². The lowest BCUT2D eigenvalue weighted by Gasteiger charge is -2.19. The summed E-state index contributed by atoms with van der Waals surface area (Å²) in [7, 11) is 0. The van der Waals surface area contributed by atoms with E-state index in [4.69, 9.17) is 4.74 Å². The van der Waals surface area contributed by atoms with Crippen LogP contribution in [-0.4, -0.2) is 32.6 Å². The van der Waals surface area contributed by atoms with Crippen molar-refractivity contribution in [3.05, 3.63) is 69.8 Å². The molecule has 0 spiro atoms. The summed E-state index contributed by atoms with van der Waals surface area (Å²) in [6.45, 7) is 5.22. The minimum Gasteiger partial charge on any atom is -0.449 e. The molecule has 8 nitrogen and oxygen atoms in total. The number of hydrogen-bond donors (Lipinski definition) is 2. The Morgan fingerprint density at radius 3 is 2.64 bits per heavy atom. The van der Waals surface area contributed by atoms with Crippen molar-refractivity contribution in [1.82, 2.24) is 19.9 Å². The van der Waals surface area contributed by atoms with Gasteiger partial charge in [0.2, 0.25) is 0 Å². The second-order valence-corrected chi connectivity index (χ2v) is 6.47. The number of benzene rings is 1. The van der Waals surface area contributed by atoms with Crippen LogP contribution in [0.25, 0.3) is 5.65 Å². The maximum absolute atomic E-state index is 12.6. The van der Waals surface area contributed by atoms with E-state index in [1.807, 2.05) is 44.2 Å². The fourth-order valence-corrected chi connectivity index (χ4v) is 2.96. The van der Waals surface area contributed by atoms with Crippen molar-refractivity contribution >= 4 is 17.5 Å². The van der Waals surface area contributed by atoms with E-state index < -0.39 is 18.0 Å². The highest BCUT2D eigenvalue weighted by Gasteiger charge is 2.23. The molecule has 2 heterocycles. The van der Waals surface area contributed by atoms with E-state index in [-0.39, 0.29) is 17.2 Å². The highest BCUT2D eigenvalue weighted by Crippen LogP contribution is 2.14. The molecule has 0 fully saturated rings. The van der Waals surface area contributed by atoms with E-state index in [1.165, 1.54) is 23.7 Å². The Balaban J connectivity index is 1.72. The number of aromatic amines is 1. The lowest BCUT2D eigenvalue weighted by molar-refractivity contribution is -0.129. The van der Waals surface area contributed by atoms with E-state index in [0.717, 1.165) is 5.56 Å². The number of H-pyrrole nitrogens is 1. The minimum absolute atomic E-state index is 0.206. The Morgan fingerprint density at radius 1 is 1.25 bits per heavy atom. The summed E-state index contributed by atoms with van der Waals surface area (Å²) in [6.07, 6.45) is 0.850. The quantitative estimate of drug-likeness (QED) is 0.635. The molecular formula is C20H22N4O4. The number of carbonyl (C=O) groups is 2. The van der Waals surface area contributed by atoms with Crippen molar-refractivity contribution in [2.24, 2.45) is 0 Å². The fraction of sp³-hybridized carbons (Fsp3) is 0.300. The van der Waals surface area contributed by atoms with Gasteiger partial charge in [-0.2, -0.15) is 0 Å². The molecule has 2 aromatic heterocycles. The second kappa shape index (κ2) is 8.08. The van der Waals surface area contributed by atoms with E-state index in [9.17, 15) is 14.4 Å². The highest BCUT2D eigenvalue weighted by atomic mass is 16.5. The van der Waals surface area contributed by atoms with Gasteiger partial charge in [0.25, 0.3) is 11.5 Å². The van der Waals surface area contributed by atoms with Gasteiger partial charge >= 0.3 is 5.97 Å². The number of hydrogen-bond acceptors (Lipinski definition) is 5. The second-order valence-electron chi connectivity index (χ2n) is 6.47. The third-order valence-corrected chi connectivity index (χ3v) is 4.48. The van der Waals surface area contributed by atoms with Crippen molar-refractivity contribution in [2.45, 2.75) is 39.3 Å². The number of carbonyl (C=O) groups excluding carboxylic acids is 2. The molecule has 1 amide bonds. The average Bonchev–Trinajstić information content (AvgIpc) is 3.07. The largest absolute Gasteiger partial charge is 0.449 e. The number of aromatic nitrogens is 3. The molecular weight excluding hydrogens is 360 g/mol. The maximum atomic E-state index is 12.6. The van der Waals surface area contributed by atoms with E-state index in [0.29, 0.717) is 17.8 Å². The lowest BCUT2D eigenvalue weighted by Crippen LogP contribution is -2.37. The first-order chi connectivity index (χ1) is 13.4. The monoisotopic (exact) mass is 382 g/mol. The fourth-order valence-electron chi connectivity index (χ4n) is 2.96. The molecule has 2 atom stereocenters. The zero-order chi connectivity index (χ0) is 20.3. The van der Waals surface area contributed by atoms with Crippen molar-refractivity contribution in [3.63, 3.8) is 0 Å². The number of nitrogens with zero attached hydrogens (tertiary/aromatic N) is 2. The van der Waals surface area contributed by atoms with Crippen LogP contribution < -0.4 is 10.9 Å². The van der Waals surface area contributed by atoms with Crippen LogP contribution in [0.15, 0.2) is 47.4 Å². The number of amides is 1. The van der Waals surface area contributed by atoms with Crippen LogP contribution in [0.4, 0.5) is 0 Å². The molecule has 0 saturated carbocycles. The summed E-state index contributed by atoms with van der Waals surface area (Å²) in [6, 6.07) is 10.6. The van der Waals surface area contributed by atoms with Crippen molar-refractivity contribution in [3.8, 4) is 0 Å². The zero-order valence-corrected chi connectivity index (χ0v) is 15.9. The van der Waals surface area contributed by atoms with Gasteiger partial charge in [0.15, 0.2) is 11.8 Å². The first-order valence-corrected chi connectivity index (χ1v) is 9.06. The van der Waals surface area contributed by atoms with Gasteiger partial charge in [-0.25, -0.2) is 14.3 Å². The molecule has 0 unspecified atom stereocenters. The molecule has 0 saturated heterocycles. The summed E-state index contributed by atoms with van der Waals surface area (Å²) >= 11 is 0. The molecule has 0 bridgehead atoms. The lowest BCUT2D eigenvalue weighted by atomic mass is 10.1. The SMILES string of the molecule is CCc1c(C(=O)O[C@H](C)C(=O)N[C@H](C)c2ccccc2)cnc2cc(=O)[nH]n12. The summed E-state index contributed by atoms with van der Waals surface area (Å²) in [5.74, 6) is -1.07. The minimum atomic E-state index is -0.984. The van der Waals surface area contributed by atoms with Gasteiger partial charge in [0, 0.05) is 12.3 Å². The first kappa shape index (κ1) is 19.3. The third kappa shape index (κ3) is 3.95. The zero-order valence-electron chi connectivity index (χ0n) is 15.9. The smallest absolute Gasteiger partial charge is 0.342 e. The van der Waals surface area contributed by atoms with Gasteiger partial charge < -0.3 is 10.1 Å². The Hall–Kier alpha value is -3.42. The van der Waals surface area contributed by atoms with E-state index in [1.54, 1.807) is 0 Å². The Kier molecular flexibility index (Phi) is 5.58. The maximum Gasteiger partial charge on any atom is 0.342 e. The number of esters is 1. The molecule has 2 N–H and O–H groups in total. The Bertz CT molecular complexity index is 1060. The summed E-state index contributed by atoms with van der Waals surface area (Å²) < 4.78 is 6.80. The highest BCUT2D eigenvalue weighted by molar-refractivity contribution is 5.93. The van der Waals surface area contributed by atoms with Crippen LogP contribution in [0, 0.1) is 0 Å². The normalized spacial score (nSPS) is 13.1. The van der Waals surface area contributed by atoms with Crippen LogP contribution in [-0.2, 0) is 16.0 Å². The molecule has 1 aromatic carbocycles. The molecule has 0 aliphatic rings. The van der Waals surface area contributed by atoms with E-state index >= 15 is 0 Å². The molecule has 0 aliphatic carbocycles. The number of ether oxygens (including phenoxy) is 1. The number of fused-ring (bicyclic) bond motifs is 1. The van der Waals surface area contributed by atoms with E-state index in [2.05, 4.69) is 15.4 Å². The van der Waals surface area contributed by atoms with Gasteiger partial charge in [-0.1, -0.05) is 37.3 Å². The van der Waals surface area contributed by atoms with Crippen LogP contribution in [0.5, 0.6) is 0 Å². The van der Waals surface area contributed by atoms with Crippen molar-refractivity contribution in [2.75, 3.05) is 0 Å². The Labute approximate surface area is 161 Å². The summed E-state index contributed by atoms with van der Waals surface area (Å²) in [5.41, 5.74) is 1.82. The van der Waals surface area contributed by atoms with Gasteiger partial charge in [0.1, 0.15) is 0 Å². The van der Waals surface area contributed by atoms with Crippen LogP contribution in [0.3, 0.4) is 0 Å². The predicted molar refractivity (Wildman–Crippen MR) is 103 cm³/mol. The molecule has 146 valence electrons. The average molecular weight is 382 g/mol. The Morgan fingerprint density at radius 2 is 1.96 bits per heavy atom. The molecule has 8 heteroatoms. The number of aryl methyl sites for hydroxylation is 1. The summed E-state index contributed by atoms with van der Waals surface area (Å²) in [4.78, 5) is 40.6. The number of nitrogens with one attached hydrogen (secondary N) is 2. The van der Waals surface area contributed by atoms with Gasteiger partial charge in [0.05, 0.1) is 17.3 Å².